The molecule has 0 radical (unpaired) electrons. The highest BCUT2D eigenvalue weighted by atomic mass is 35.5. The second kappa shape index (κ2) is 8.37. The molecule has 1 amide bonds. The molecule has 1 saturated heterocycles. The molecule has 8 heteroatoms. The predicted octanol–water partition coefficient (Wildman–Crippen LogP) is 4.34. The second-order valence-corrected chi connectivity index (χ2v) is 9.59. The van der Waals surface area contributed by atoms with E-state index >= 15 is 0 Å². The van der Waals surface area contributed by atoms with Gasteiger partial charge in [0.25, 0.3) is 0 Å². The summed E-state index contributed by atoms with van der Waals surface area (Å²) in [4.78, 5) is 33.1. The lowest BCUT2D eigenvalue weighted by Gasteiger charge is -2.36. The third kappa shape index (κ3) is 4.06. The summed E-state index contributed by atoms with van der Waals surface area (Å²) in [6, 6.07) is 5.88. The van der Waals surface area contributed by atoms with Crippen LogP contribution in [-0.2, 0) is 11.2 Å². The Kier molecular flexibility index (Phi) is 5.52. The standard InChI is InChI=1S/C25H27ClN6O/c1-15-11-19(21(26)13-29-15)16(2)24(33)32-10-7-25(14-32)6-5-18-12-20(17(3)30-22(18)31-25)23-27-8-4-9-28-23/h4,8-9,11-13,16H,5-7,10,14H2,1-3H3,(H,30,31)/t16-,25+/m1/s1. The molecule has 7 nitrogen and oxygen atoms in total. The number of aryl methyl sites for hydroxylation is 3. The van der Waals surface area contributed by atoms with Gasteiger partial charge in [-0.2, -0.15) is 0 Å². The van der Waals surface area contributed by atoms with Gasteiger partial charge in [-0.05, 0) is 69.4 Å². The van der Waals surface area contributed by atoms with E-state index in [1.54, 1.807) is 18.6 Å². The van der Waals surface area contributed by atoms with E-state index in [-0.39, 0.29) is 17.4 Å². The first-order valence-corrected chi connectivity index (χ1v) is 11.7. The molecule has 2 aliphatic rings. The number of carbonyl (C=O) groups is 1. The number of pyridine rings is 2. The van der Waals surface area contributed by atoms with Crippen LogP contribution in [0.5, 0.6) is 0 Å². The van der Waals surface area contributed by atoms with Gasteiger partial charge in [0.15, 0.2) is 5.82 Å². The Hall–Kier alpha value is -3.06. The monoisotopic (exact) mass is 462 g/mol. The van der Waals surface area contributed by atoms with E-state index < -0.39 is 0 Å². The number of nitrogens with one attached hydrogen (secondary N) is 1. The zero-order chi connectivity index (χ0) is 23.2. The predicted molar refractivity (Wildman–Crippen MR) is 128 cm³/mol. The fourth-order valence-corrected chi connectivity index (χ4v) is 5.23. The first-order chi connectivity index (χ1) is 15.8. The number of nitrogens with zero attached hydrogens (tertiary/aromatic N) is 5. The van der Waals surface area contributed by atoms with Crippen LogP contribution in [0.1, 0.15) is 48.2 Å². The molecule has 2 atom stereocenters. The maximum Gasteiger partial charge on any atom is 0.229 e. The summed E-state index contributed by atoms with van der Waals surface area (Å²) in [7, 11) is 0. The molecule has 1 spiro atoms. The van der Waals surface area contributed by atoms with Gasteiger partial charge < -0.3 is 10.2 Å². The van der Waals surface area contributed by atoms with Crippen molar-refractivity contribution < 1.29 is 4.79 Å². The molecule has 0 aromatic carbocycles. The van der Waals surface area contributed by atoms with Crippen LogP contribution in [0.25, 0.3) is 11.4 Å². The minimum atomic E-state index is -0.306. The summed E-state index contributed by atoms with van der Waals surface area (Å²) in [6.45, 7) is 7.22. The first kappa shape index (κ1) is 21.8. The number of fused-ring (bicyclic) bond motifs is 1. The molecule has 170 valence electrons. The van der Waals surface area contributed by atoms with Gasteiger partial charge in [-0.3, -0.25) is 9.78 Å². The fraction of sp³-hybridized carbons (Fsp3) is 0.400. The third-order valence-corrected chi connectivity index (χ3v) is 7.20. The molecular formula is C25H27ClN6O. The lowest BCUT2D eigenvalue weighted by Crippen LogP contribution is -2.46. The minimum absolute atomic E-state index is 0.104. The highest BCUT2D eigenvalue weighted by molar-refractivity contribution is 6.31. The van der Waals surface area contributed by atoms with Crippen molar-refractivity contribution in [3.05, 3.63) is 64.3 Å². The van der Waals surface area contributed by atoms with Gasteiger partial charge in [0, 0.05) is 42.9 Å². The van der Waals surface area contributed by atoms with Crippen LogP contribution in [0.4, 0.5) is 5.82 Å². The summed E-state index contributed by atoms with van der Waals surface area (Å²) in [6.07, 6.45) is 7.89. The minimum Gasteiger partial charge on any atom is -0.363 e. The highest BCUT2D eigenvalue weighted by Crippen LogP contribution is 2.39. The number of hydrogen-bond acceptors (Lipinski definition) is 6. The quantitative estimate of drug-likeness (QED) is 0.623. The van der Waals surface area contributed by atoms with E-state index in [0.717, 1.165) is 54.1 Å². The van der Waals surface area contributed by atoms with Crippen molar-refractivity contribution in [1.29, 1.82) is 0 Å². The van der Waals surface area contributed by atoms with Crippen molar-refractivity contribution in [3.8, 4) is 11.4 Å². The van der Waals surface area contributed by atoms with E-state index in [1.165, 1.54) is 5.56 Å². The molecule has 5 heterocycles. The molecule has 33 heavy (non-hydrogen) atoms. The lowest BCUT2D eigenvalue weighted by molar-refractivity contribution is -0.131. The van der Waals surface area contributed by atoms with Crippen molar-refractivity contribution in [2.24, 2.45) is 0 Å². The molecule has 1 N–H and O–H groups in total. The van der Waals surface area contributed by atoms with Crippen molar-refractivity contribution in [3.63, 3.8) is 0 Å². The summed E-state index contributed by atoms with van der Waals surface area (Å²) in [5, 5.41) is 4.23. The van der Waals surface area contributed by atoms with Crippen LogP contribution in [0.2, 0.25) is 5.02 Å². The molecule has 0 aliphatic carbocycles. The largest absolute Gasteiger partial charge is 0.363 e. The van der Waals surface area contributed by atoms with Crippen LogP contribution in [0.15, 0.2) is 36.8 Å². The van der Waals surface area contributed by atoms with Gasteiger partial charge in [-0.1, -0.05) is 11.6 Å². The topological polar surface area (TPSA) is 83.9 Å². The zero-order valence-electron chi connectivity index (χ0n) is 19.1. The molecule has 3 aromatic rings. The normalized spacial score (nSPS) is 20.4. The number of aromatic nitrogens is 4. The van der Waals surface area contributed by atoms with Crippen molar-refractivity contribution in [1.82, 2.24) is 24.8 Å². The van der Waals surface area contributed by atoms with E-state index in [4.69, 9.17) is 16.6 Å². The van der Waals surface area contributed by atoms with E-state index in [2.05, 4.69) is 26.3 Å². The van der Waals surface area contributed by atoms with Crippen LogP contribution < -0.4 is 5.32 Å². The fourth-order valence-electron chi connectivity index (χ4n) is 4.97. The van der Waals surface area contributed by atoms with Crippen molar-refractivity contribution in [2.75, 3.05) is 18.4 Å². The first-order valence-electron chi connectivity index (χ1n) is 11.3. The number of hydrogen-bond donors (Lipinski definition) is 1. The summed E-state index contributed by atoms with van der Waals surface area (Å²) < 4.78 is 0. The molecule has 5 rings (SSSR count). The summed E-state index contributed by atoms with van der Waals surface area (Å²) in [5.41, 5.74) is 4.58. The van der Waals surface area contributed by atoms with Crippen molar-refractivity contribution in [2.45, 2.75) is 51.5 Å². The van der Waals surface area contributed by atoms with Crippen LogP contribution in [0.3, 0.4) is 0 Å². The van der Waals surface area contributed by atoms with Gasteiger partial charge in [-0.25, -0.2) is 15.0 Å². The molecule has 0 saturated carbocycles. The third-order valence-electron chi connectivity index (χ3n) is 6.88. The van der Waals surface area contributed by atoms with Crippen LogP contribution in [-0.4, -0.2) is 49.4 Å². The van der Waals surface area contributed by atoms with Crippen molar-refractivity contribution >= 4 is 23.3 Å². The molecule has 1 fully saturated rings. The number of likely N-dealkylation sites (tertiary alicyclic amines) is 1. The summed E-state index contributed by atoms with van der Waals surface area (Å²) >= 11 is 6.35. The molecule has 0 unspecified atom stereocenters. The molecular weight excluding hydrogens is 436 g/mol. The van der Waals surface area contributed by atoms with E-state index in [1.807, 2.05) is 37.8 Å². The van der Waals surface area contributed by atoms with Gasteiger partial charge in [0.1, 0.15) is 5.82 Å². The molecule has 3 aromatic heterocycles. The Balaban J connectivity index is 1.34. The number of rotatable bonds is 3. The Morgan fingerprint density at radius 3 is 2.76 bits per heavy atom. The lowest BCUT2D eigenvalue weighted by atomic mass is 9.86. The van der Waals surface area contributed by atoms with Gasteiger partial charge >= 0.3 is 0 Å². The number of carbonyl (C=O) groups excluding carboxylic acids is 1. The summed E-state index contributed by atoms with van der Waals surface area (Å²) in [5.74, 6) is 1.41. The van der Waals surface area contributed by atoms with Gasteiger partial charge in [-0.15, -0.1) is 0 Å². The van der Waals surface area contributed by atoms with E-state index in [0.29, 0.717) is 17.4 Å². The maximum atomic E-state index is 13.3. The van der Waals surface area contributed by atoms with Gasteiger partial charge in [0.05, 0.1) is 22.2 Å². The molecule has 0 bridgehead atoms. The number of halogens is 1. The maximum absolute atomic E-state index is 13.3. The Labute approximate surface area is 198 Å². The second-order valence-electron chi connectivity index (χ2n) is 9.19. The van der Waals surface area contributed by atoms with Crippen LogP contribution in [0, 0.1) is 13.8 Å². The van der Waals surface area contributed by atoms with E-state index in [9.17, 15) is 4.79 Å². The number of anilines is 1. The Morgan fingerprint density at radius 2 is 1.97 bits per heavy atom. The van der Waals surface area contributed by atoms with Gasteiger partial charge in [0.2, 0.25) is 5.91 Å². The smallest absolute Gasteiger partial charge is 0.229 e. The number of amides is 1. The highest BCUT2D eigenvalue weighted by Gasteiger charge is 2.43. The average Bonchev–Trinajstić information content (AvgIpc) is 3.23. The van der Waals surface area contributed by atoms with Crippen LogP contribution >= 0.6 is 11.6 Å². The Bertz CT molecular complexity index is 1220. The SMILES string of the molecule is Cc1cc([C@@H](C)C(=O)N2CC[C@@]3(CCc4cc(-c5ncccn5)c(C)nc4N3)C2)c(Cl)cn1. The zero-order valence-corrected chi connectivity index (χ0v) is 19.9. The average molecular weight is 463 g/mol. The Morgan fingerprint density at radius 1 is 1.18 bits per heavy atom. The molecule has 2 aliphatic heterocycles.